The van der Waals surface area contributed by atoms with Crippen LogP contribution in [0, 0.1) is 6.92 Å². The Morgan fingerprint density at radius 2 is 1.32 bits per heavy atom. The fourth-order valence-electron chi connectivity index (χ4n) is 8.49. The second-order valence-electron chi connectivity index (χ2n) is 13.0. The standard InChI is InChI=1S/C43H27BN2S/c1-26-24-35-32-23-20-29-12-5-6-13-31(29)40(32)46(30-21-18-28(19-22-30)27-10-3-2-4-11-27)44-36-16-9-15-34-41(36)45(37(25-26)39(35)44)42-33-14-7-8-17-38(33)47-43(34)42/h2-25H,1H3. The van der Waals surface area contributed by atoms with Crippen LogP contribution in [0.1, 0.15) is 5.56 Å². The zero-order valence-corrected chi connectivity index (χ0v) is 26.6. The minimum atomic E-state index is 0.0213. The minimum absolute atomic E-state index is 0.0213. The number of rotatable bonds is 2. The van der Waals surface area contributed by atoms with E-state index >= 15 is 0 Å². The Morgan fingerprint density at radius 3 is 2.19 bits per heavy atom. The molecule has 2 aliphatic heterocycles. The van der Waals surface area contributed by atoms with Crippen LogP contribution in [-0.4, -0.2) is 11.4 Å². The van der Waals surface area contributed by atoms with Gasteiger partial charge in [0.2, 0.25) is 0 Å². The second-order valence-corrected chi connectivity index (χ2v) is 14.0. The summed E-state index contributed by atoms with van der Waals surface area (Å²) in [5.74, 6) is 0. The average molecular weight is 615 g/mol. The summed E-state index contributed by atoms with van der Waals surface area (Å²) < 4.78 is 5.32. The number of aryl methyl sites for hydroxylation is 1. The van der Waals surface area contributed by atoms with Crippen molar-refractivity contribution in [1.29, 1.82) is 0 Å². The topological polar surface area (TPSA) is 8.17 Å². The summed E-state index contributed by atoms with van der Waals surface area (Å²) in [6, 6.07) is 54.2. The zero-order chi connectivity index (χ0) is 30.8. The number of para-hydroxylation sites is 1. The highest BCUT2D eigenvalue weighted by atomic mass is 32.1. The summed E-state index contributed by atoms with van der Waals surface area (Å²) in [6.45, 7) is 2.28. The smallest absolute Gasteiger partial charge is 0.333 e. The molecule has 0 radical (unpaired) electrons. The highest BCUT2D eigenvalue weighted by molar-refractivity contribution is 7.26. The first-order chi connectivity index (χ1) is 23.2. The predicted octanol–water partition coefficient (Wildman–Crippen LogP) is 10.4. The lowest BCUT2D eigenvalue weighted by molar-refractivity contribution is 1.18. The zero-order valence-electron chi connectivity index (χ0n) is 25.7. The van der Waals surface area contributed by atoms with Crippen molar-refractivity contribution in [2.75, 3.05) is 4.81 Å². The third kappa shape index (κ3) is 3.35. The summed E-state index contributed by atoms with van der Waals surface area (Å²) in [4.78, 5) is 2.64. The molecule has 0 amide bonds. The summed E-state index contributed by atoms with van der Waals surface area (Å²) in [5.41, 5.74) is 15.6. The molecule has 218 valence electrons. The number of thiophene rings is 1. The highest BCUT2D eigenvalue weighted by Gasteiger charge is 2.44. The van der Waals surface area contributed by atoms with E-state index in [1.165, 1.54) is 97.8 Å². The number of hydrogen-bond donors (Lipinski definition) is 0. The van der Waals surface area contributed by atoms with Crippen molar-refractivity contribution in [2.45, 2.75) is 6.92 Å². The average Bonchev–Trinajstić information content (AvgIpc) is 3.66. The van der Waals surface area contributed by atoms with E-state index < -0.39 is 0 Å². The van der Waals surface area contributed by atoms with E-state index in [4.69, 9.17) is 0 Å². The van der Waals surface area contributed by atoms with E-state index in [-0.39, 0.29) is 6.85 Å². The maximum Gasteiger partial charge on any atom is 0.333 e. The van der Waals surface area contributed by atoms with Crippen LogP contribution >= 0.6 is 11.3 Å². The third-order valence-electron chi connectivity index (χ3n) is 10.4. The van der Waals surface area contributed by atoms with Crippen molar-refractivity contribution < 1.29 is 0 Å². The van der Waals surface area contributed by atoms with Crippen LogP contribution in [0.2, 0.25) is 0 Å². The Kier molecular flexibility index (Phi) is 5.04. The van der Waals surface area contributed by atoms with E-state index in [0.717, 1.165) is 0 Å². The van der Waals surface area contributed by atoms with Gasteiger partial charge in [-0.3, -0.25) is 0 Å². The van der Waals surface area contributed by atoms with Crippen molar-refractivity contribution in [3.8, 4) is 27.9 Å². The molecular weight excluding hydrogens is 587 g/mol. The molecule has 2 aliphatic rings. The van der Waals surface area contributed by atoms with Crippen LogP contribution in [0.4, 0.5) is 11.4 Å². The lowest BCUT2D eigenvalue weighted by Crippen LogP contribution is -2.60. The number of anilines is 2. The van der Waals surface area contributed by atoms with Gasteiger partial charge in [-0.05, 0) is 69.8 Å². The van der Waals surface area contributed by atoms with E-state index in [0.29, 0.717) is 0 Å². The molecule has 47 heavy (non-hydrogen) atoms. The van der Waals surface area contributed by atoms with Gasteiger partial charge < -0.3 is 9.38 Å². The molecule has 2 nitrogen and oxygen atoms in total. The van der Waals surface area contributed by atoms with Gasteiger partial charge in [0.25, 0.3) is 0 Å². The van der Waals surface area contributed by atoms with E-state index in [9.17, 15) is 0 Å². The van der Waals surface area contributed by atoms with Crippen molar-refractivity contribution in [1.82, 2.24) is 4.57 Å². The van der Waals surface area contributed by atoms with Crippen LogP contribution in [0.3, 0.4) is 0 Å². The molecule has 2 aromatic heterocycles. The Bertz CT molecular complexity index is 2760. The van der Waals surface area contributed by atoms with Gasteiger partial charge in [-0.1, -0.05) is 121 Å². The quantitative estimate of drug-likeness (QED) is 0.176. The largest absolute Gasteiger partial charge is 0.376 e. The number of fused-ring (bicyclic) bond motifs is 11. The highest BCUT2D eigenvalue weighted by Crippen LogP contribution is 2.49. The molecule has 0 saturated heterocycles. The van der Waals surface area contributed by atoms with Crippen LogP contribution in [0.15, 0.2) is 146 Å². The normalized spacial score (nSPS) is 13.1. The molecule has 0 atom stereocenters. The van der Waals surface area contributed by atoms with Gasteiger partial charge in [0, 0.05) is 43.5 Å². The lowest BCUT2D eigenvalue weighted by atomic mass is 9.44. The maximum atomic E-state index is 2.64. The Labute approximate surface area is 276 Å². The van der Waals surface area contributed by atoms with Gasteiger partial charge in [0.05, 0.1) is 15.7 Å². The van der Waals surface area contributed by atoms with Gasteiger partial charge in [0.1, 0.15) is 0 Å². The molecule has 9 aromatic rings. The Balaban J connectivity index is 1.29. The minimum Gasteiger partial charge on any atom is -0.376 e. The molecule has 0 aliphatic carbocycles. The van der Waals surface area contributed by atoms with Crippen molar-refractivity contribution in [2.24, 2.45) is 0 Å². The molecule has 7 aromatic carbocycles. The summed E-state index contributed by atoms with van der Waals surface area (Å²) in [5, 5.41) is 5.22. The number of aromatic nitrogens is 1. The maximum absolute atomic E-state index is 2.64. The summed E-state index contributed by atoms with van der Waals surface area (Å²) in [6.07, 6.45) is 0. The molecule has 0 fully saturated rings. The summed E-state index contributed by atoms with van der Waals surface area (Å²) >= 11 is 1.92. The molecule has 0 saturated carbocycles. The number of benzene rings is 7. The second kappa shape index (κ2) is 9.25. The lowest BCUT2D eigenvalue weighted by Gasteiger charge is -2.43. The molecule has 0 N–H and O–H groups in total. The Hall–Kier alpha value is -5.58. The van der Waals surface area contributed by atoms with Crippen molar-refractivity contribution in [3.05, 3.63) is 151 Å². The van der Waals surface area contributed by atoms with Crippen molar-refractivity contribution in [3.63, 3.8) is 0 Å². The third-order valence-corrected chi connectivity index (χ3v) is 11.6. The molecule has 4 heterocycles. The van der Waals surface area contributed by atoms with Crippen LogP contribution in [0.25, 0.3) is 69.9 Å². The fourth-order valence-corrected chi connectivity index (χ4v) is 9.70. The van der Waals surface area contributed by atoms with Crippen LogP contribution in [-0.2, 0) is 0 Å². The van der Waals surface area contributed by atoms with E-state index in [2.05, 4.69) is 162 Å². The molecule has 0 spiro atoms. The molecule has 0 bridgehead atoms. The number of nitrogens with zero attached hydrogens (tertiary/aromatic N) is 2. The van der Waals surface area contributed by atoms with Gasteiger partial charge >= 0.3 is 6.85 Å². The van der Waals surface area contributed by atoms with Gasteiger partial charge in [-0.25, -0.2) is 0 Å². The monoisotopic (exact) mass is 614 g/mol. The first kappa shape index (κ1) is 25.6. The SMILES string of the molecule is Cc1cc2c3c(c1)-n1c4c(cccc4c4sc5ccccc5c41)B3N(c1ccc(-c3ccccc3)cc1)c1c-2ccc2ccccc12. The number of hydrogen-bond acceptors (Lipinski definition) is 2. The van der Waals surface area contributed by atoms with Gasteiger partial charge in [-0.2, -0.15) is 0 Å². The molecule has 4 heteroatoms. The first-order valence-corrected chi connectivity index (χ1v) is 17.1. The van der Waals surface area contributed by atoms with Crippen LogP contribution in [0.5, 0.6) is 0 Å². The molecular formula is C43H27BN2S. The fraction of sp³-hybridized carbons (Fsp3) is 0.0233. The Morgan fingerprint density at radius 1 is 0.574 bits per heavy atom. The van der Waals surface area contributed by atoms with E-state index in [1.807, 2.05) is 11.3 Å². The molecule has 0 unspecified atom stereocenters. The molecule has 11 rings (SSSR count). The van der Waals surface area contributed by atoms with Crippen LogP contribution < -0.4 is 15.7 Å². The van der Waals surface area contributed by atoms with Gasteiger partial charge in [-0.15, -0.1) is 11.3 Å². The van der Waals surface area contributed by atoms with Gasteiger partial charge in [0.15, 0.2) is 0 Å². The van der Waals surface area contributed by atoms with E-state index in [1.54, 1.807) is 0 Å². The van der Waals surface area contributed by atoms with Crippen molar-refractivity contribution >= 4 is 82.5 Å². The predicted molar refractivity (Wildman–Crippen MR) is 203 cm³/mol. The summed E-state index contributed by atoms with van der Waals surface area (Å²) in [7, 11) is 0. The first-order valence-electron chi connectivity index (χ1n) is 16.3.